The second kappa shape index (κ2) is 6.74. The Labute approximate surface area is 123 Å². The number of aromatic nitrogens is 1. The van der Waals surface area contributed by atoms with Crippen LogP contribution in [0.2, 0.25) is 0 Å². The molecular weight excluding hydrogens is 268 g/mol. The second-order valence-corrected chi connectivity index (χ2v) is 4.71. The Bertz CT molecular complexity index is 604. The number of ether oxygens (including phenoxy) is 2. The highest BCUT2D eigenvalue weighted by molar-refractivity contribution is 5.84. The molecule has 21 heavy (non-hydrogen) atoms. The molecule has 1 heterocycles. The van der Waals surface area contributed by atoms with Crippen LogP contribution in [0.1, 0.15) is 17.0 Å². The lowest BCUT2D eigenvalue weighted by Gasteiger charge is -2.08. The van der Waals surface area contributed by atoms with Gasteiger partial charge in [0.15, 0.2) is 0 Å². The van der Waals surface area contributed by atoms with Crippen molar-refractivity contribution in [3.63, 3.8) is 0 Å². The van der Waals surface area contributed by atoms with Gasteiger partial charge in [-0.05, 0) is 55.8 Å². The first kappa shape index (κ1) is 14.8. The molecule has 0 radical (unpaired) electrons. The molecule has 1 aromatic carbocycles. The van der Waals surface area contributed by atoms with Gasteiger partial charge in [-0.25, -0.2) is 4.79 Å². The summed E-state index contributed by atoms with van der Waals surface area (Å²) in [4.78, 5) is 15.5. The van der Waals surface area contributed by atoms with Gasteiger partial charge in [-0.1, -0.05) is 0 Å². The number of amides is 1. The largest absolute Gasteiger partial charge is 0.487 e. The summed E-state index contributed by atoms with van der Waals surface area (Å²) < 4.78 is 10.2. The maximum Gasteiger partial charge on any atom is 0.411 e. The molecule has 1 N–H and O–H groups in total. The number of methoxy groups -OCH3 is 1. The van der Waals surface area contributed by atoms with Crippen LogP contribution in [-0.2, 0) is 11.3 Å². The fraction of sp³-hybridized carbons (Fsp3) is 0.250. The van der Waals surface area contributed by atoms with E-state index in [2.05, 4.69) is 15.0 Å². The maximum atomic E-state index is 11.1. The first-order valence-corrected chi connectivity index (χ1v) is 6.59. The van der Waals surface area contributed by atoms with Crippen molar-refractivity contribution in [1.82, 2.24) is 4.98 Å². The zero-order chi connectivity index (χ0) is 15.2. The Kier molecular flexibility index (Phi) is 4.77. The Morgan fingerprint density at radius 2 is 1.90 bits per heavy atom. The Hall–Kier alpha value is -2.56. The average molecular weight is 286 g/mol. The van der Waals surface area contributed by atoms with Crippen molar-refractivity contribution < 1.29 is 14.3 Å². The van der Waals surface area contributed by atoms with Gasteiger partial charge >= 0.3 is 6.09 Å². The van der Waals surface area contributed by atoms with Crippen molar-refractivity contribution in [3.8, 4) is 5.75 Å². The second-order valence-electron chi connectivity index (χ2n) is 4.71. The topological polar surface area (TPSA) is 60.5 Å². The van der Waals surface area contributed by atoms with E-state index in [0.717, 1.165) is 11.4 Å². The third-order valence-corrected chi connectivity index (χ3v) is 2.82. The molecule has 0 saturated carbocycles. The summed E-state index contributed by atoms with van der Waals surface area (Å²) in [6, 6.07) is 11.1. The molecule has 2 aromatic rings. The zero-order valence-electron chi connectivity index (χ0n) is 12.3. The van der Waals surface area contributed by atoms with E-state index >= 15 is 0 Å². The van der Waals surface area contributed by atoms with Crippen LogP contribution in [0.4, 0.5) is 10.5 Å². The van der Waals surface area contributed by atoms with E-state index in [-0.39, 0.29) is 0 Å². The molecule has 110 valence electrons. The minimum absolute atomic E-state index is 0.409. The predicted octanol–water partition coefficient (Wildman–Crippen LogP) is 3.46. The first-order chi connectivity index (χ1) is 10.1. The van der Waals surface area contributed by atoms with Gasteiger partial charge in [0.2, 0.25) is 0 Å². The number of benzene rings is 1. The van der Waals surface area contributed by atoms with Crippen LogP contribution >= 0.6 is 0 Å². The normalized spacial score (nSPS) is 10.0. The molecule has 0 saturated heterocycles. The fourth-order valence-corrected chi connectivity index (χ4v) is 1.96. The Balaban J connectivity index is 1.95. The van der Waals surface area contributed by atoms with Crippen LogP contribution in [0.15, 0.2) is 36.4 Å². The van der Waals surface area contributed by atoms with Gasteiger partial charge in [-0.15, -0.1) is 0 Å². The number of nitrogens with zero attached hydrogens (tertiary/aromatic N) is 1. The van der Waals surface area contributed by atoms with Crippen LogP contribution in [0, 0.1) is 13.8 Å². The van der Waals surface area contributed by atoms with Crippen LogP contribution in [0.25, 0.3) is 0 Å². The van der Waals surface area contributed by atoms with Crippen molar-refractivity contribution in [3.05, 3.63) is 53.3 Å². The van der Waals surface area contributed by atoms with Gasteiger partial charge in [-0.2, -0.15) is 0 Å². The Morgan fingerprint density at radius 3 is 2.52 bits per heavy atom. The molecule has 0 unspecified atom stereocenters. The Morgan fingerprint density at radius 1 is 1.19 bits per heavy atom. The molecule has 0 aliphatic carbocycles. The number of hydrogen-bond donors (Lipinski definition) is 1. The minimum Gasteiger partial charge on any atom is -0.487 e. The molecule has 5 heteroatoms. The molecule has 1 aromatic heterocycles. The monoisotopic (exact) mass is 286 g/mol. The molecule has 0 aliphatic heterocycles. The number of rotatable bonds is 4. The molecule has 2 rings (SSSR count). The lowest BCUT2D eigenvalue weighted by Crippen LogP contribution is -2.10. The van der Waals surface area contributed by atoms with Gasteiger partial charge in [0.1, 0.15) is 12.4 Å². The van der Waals surface area contributed by atoms with Gasteiger partial charge in [0, 0.05) is 11.4 Å². The van der Waals surface area contributed by atoms with E-state index in [1.165, 1.54) is 12.7 Å². The third-order valence-electron chi connectivity index (χ3n) is 2.82. The van der Waals surface area contributed by atoms with E-state index in [9.17, 15) is 4.79 Å². The molecule has 5 nitrogen and oxygen atoms in total. The van der Waals surface area contributed by atoms with Gasteiger partial charge in [0.05, 0.1) is 12.8 Å². The van der Waals surface area contributed by atoms with Gasteiger partial charge < -0.3 is 9.47 Å². The van der Waals surface area contributed by atoms with E-state index in [0.29, 0.717) is 18.0 Å². The average Bonchev–Trinajstić information content (AvgIpc) is 2.45. The van der Waals surface area contributed by atoms with Gasteiger partial charge in [-0.3, -0.25) is 10.3 Å². The van der Waals surface area contributed by atoms with Crippen molar-refractivity contribution in [2.45, 2.75) is 20.5 Å². The number of pyridine rings is 1. The van der Waals surface area contributed by atoms with E-state index in [4.69, 9.17) is 4.74 Å². The minimum atomic E-state index is -0.497. The number of carbonyl (C=O) groups is 1. The van der Waals surface area contributed by atoms with Crippen LogP contribution in [-0.4, -0.2) is 18.2 Å². The smallest absolute Gasteiger partial charge is 0.411 e. The molecular formula is C16H18N2O3. The quantitative estimate of drug-likeness (QED) is 0.935. The highest BCUT2D eigenvalue weighted by Crippen LogP contribution is 2.17. The van der Waals surface area contributed by atoms with E-state index < -0.39 is 6.09 Å². The molecule has 0 bridgehead atoms. The fourth-order valence-electron chi connectivity index (χ4n) is 1.96. The van der Waals surface area contributed by atoms with Crippen molar-refractivity contribution >= 4 is 11.8 Å². The molecule has 0 aliphatic rings. The molecule has 0 fully saturated rings. The van der Waals surface area contributed by atoms with Crippen LogP contribution in [0.5, 0.6) is 5.75 Å². The molecule has 1 amide bonds. The SMILES string of the molecule is COC(=O)Nc1ccc(OCc2cc(C)cc(C)n2)cc1. The molecule has 0 atom stereocenters. The lowest BCUT2D eigenvalue weighted by molar-refractivity contribution is 0.187. The van der Waals surface area contributed by atoms with E-state index in [1.54, 1.807) is 24.3 Å². The van der Waals surface area contributed by atoms with Crippen LogP contribution < -0.4 is 10.1 Å². The number of hydrogen-bond acceptors (Lipinski definition) is 4. The maximum absolute atomic E-state index is 11.1. The van der Waals surface area contributed by atoms with E-state index in [1.807, 2.05) is 26.0 Å². The summed E-state index contributed by atoms with van der Waals surface area (Å²) in [5.74, 6) is 0.714. The highest BCUT2D eigenvalue weighted by Gasteiger charge is 2.02. The molecule has 0 spiro atoms. The predicted molar refractivity (Wildman–Crippen MR) is 80.5 cm³/mol. The zero-order valence-corrected chi connectivity index (χ0v) is 12.3. The van der Waals surface area contributed by atoms with Crippen LogP contribution in [0.3, 0.4) is 0 Å². The summed E-state index contributed by atoms with van der Waals surface area (Å²) in [6.07, 6.45) is -0.497. The summed E-state index contributed by atoms with van der Waals surface area (Å²) in [5, 5.41) is 2.58. The van der Waals surface area contributed by atoms with Crippen molar-refractivity contribution in [1.29, 1.82) is 0 Å². The summed E-state index contributed by atoms with van der Waals surface area (Å²) in [6.45, 7) is 4.40. The summed E-state index contributed by atoms with van der Waals surface area (Å²) in [5.41, 5.74) is 3.69. The number of nitrogens with one attached hydrogen (secondary N) is 1. The summed E-state index contributed by atoms with van der Waals surface area (Å²) >= 11 is 0. The number of carbonyl (C=O) groups excluding carboxylic acids is 1. The highest BCUT2D eigenvalue weighted by atomic mass is 16.5. The number of anilines is 1. The third kappa shape index (κ3) is 4.49. The van der Waals surface area contributed by atoms with Gasteiger partial charge in [0.25, 0.3) is 0 Å². The first-order valence-electron chi connectivity index (χ1n) is 6.59. The lowest BCUT2D eigenvalue weighted by atomic mass is 10.2. The number of aryl methyl sites for hydroxylation is 2. The van der Waals surface area contributed by atoms with Crippen molar-refractivity contribution in [2.75, 3.05) is 12.4 Å². The van der Waals surface area contributed by atoms with Crippen molar-refractivity contribution in [2.24, 2.45) is 0 Å². The standard InChI is InChI=1S/C16H18N2O3/c1-11-8-12(2)17-14(9-11)10-21-15-6-4-13(5-7-15)18-16(19)20-3/h4-9H,10H2,1-3H3,(H,18,19). The summed E-state index contributed by atoms with van der Waals surface area (Å²) in [7, 11) is 1.32.